The fraction of sp³-hybridized carbons (Fsp3) is 0.600. The lowest BCUT2D eigenvalue weighted by molar-refractivity contribution is -0.125. The van der Waals surface area contributed by atoms with Gasteiger partial charge in [-0.2, -0.15) is 5.10 Å². The first-order valence-corrected chi connectivity index (χ1v) is 6.25. The van der Waals surface area contributed by atoms with Crippen LogP contribution in [-0.2, 0) is 4.79 Å². The van der Waals surface area contributed by atoms with Crippen LogP contribution in [-0.4, -0.2) is 46.3 Å². The lowest BCUT2D eigenvalue weighted by Gasteiger charge is -2.41. The van der Waals surface area contributed by atoms with Gasteiger partial charge in [0.25, 0.3) is 0 Å². The highest BCUT2D eigenvalue weighted by molar-refractivity contribution is 9.10. The van der Waals surface area contributed by atoms with Gasteiger partial charge in [-0.3, -0.25) is 14.4 Å². The molecule has 0 spiro atoms. The molecule has 3 rings (SSSR count). The zero-order chi connectivity index (χ0) is 11.1. The summed E-state index contributed by atoms with van der Waals surface area (Å²) in [5.74, 6) is 0.181. The SMILES string of the molecule is O=C1NCCC1N1CC(n2cc(Br)cn2)C1. The number of aromatic nitrogens is 2. The van der Waals surface area contributed by atoms with Crippen molar-refractivity contribution in [2.75, 3.05) is 19.6 Å². The number of hydrogen-bond donors (Lipinski definition) is 1. The summed E-state index contributed by atoms with van der Waals surface area (Å²) in [5, 5.41) is 7.13. The van der Waals surface area contributed by atoms with Crippen molar-refractivity contribution in [2.24, 2.45) is 0 Å². The third kappa shape index (κ3) is 1.66. The molecule has 2 saturated heterocycles. The number of carbonyl (C=O) groups excluding carboxylic acids is 1. The molecule has 5 nitrogen and oxygen atoms in total. The summed E-state index contributed by atoms with van der Waals surface area (Å²) < 4.78 is 2.97. The molecule has 1 amide bonds. The molecule has 0 radical (unpaired) electrons. The van der Waals surface area contributed by atoms with Gasteiger partial charge in [0.15, 0.2) is 0 Å². The van der Waals surface area contributed by atoms with Gasteiger partial charge in [-0.25, -0.2) is 0 Å². The Morgan fingerprint density at radius 3 is 2.88 bits per heavy atom. The maximum absolute atomic E-state index is 11.5. The van der Waals surface area contributed by atoms with E-state index in [1.807, 2.05) is 10.9 Å². The molecule has 1 aromatic rings. The Morgan fingerprint density at radius 2 is 2.31 bits per heavy atom. The lowest BCUT2D eigenvalue weighted by Crippen LogP contribution is -2.54. The molecule has 16 heavy (non-hydrogen) atoms. The molecule has 2 fully saturated rings. The molecule has 0 saturated carbocycles. The van der Waals surface area contributed by atoms with Crippen LogP contribution in [0.2, 0.25) is 0 Å². The first-order valence-electron chi connectivity index (χ1n) is 5.45. The summed E-state index contributed by atoms with van der Waals surface area (Å²) >= 11 is 3.38. The van der Waals surface area contributed by atoms with Crippen LogP contribution in [0.5, 0.6) is 0 Å². The molecule has 0 aliphatic carbocycles. The molecule has 3 heterocycles. The van der Waals surface area contributed by atoms with E-state index in [-0.39, 0.29) is 11.9 Å². The number of likely N-dealkylation sites (tertiary alicyclic amines) is 1. The third-order valence-electron chi connectivity index (χ3n) is 3.30. The molecule has 1 atom stereocenters. The minimum absolute atomic E-state index is 0.0928. The Labute approximate surface area is 102 Å². The van der Waals surface area contributed by atoms with Gasteiger partial charge in [-0.15, -0.1) is 0 Å². The van der Waals surface area contributed by atoms with E-state index in [1.165, 1.54) is 0 Å². The summed E-state index contributed by atoms with van der Waals surface area (Å²) in [6.07, 6.45) is 4.72. The van der Waals surface area contributed by atoms with E-state index >= 15 is 0 Å². The molecule has 2 aliphatic rings. The number of nitrogens with one attached hydrogen (secondary N) is 1. The minimum atomic E-state index is 0.0928. The number of halogens is 1. The fourth-order valence-corrected chi connectivity index (χ4v) is 2.65. The number of hydrogen-bond acceptors (Lipinski definition) is 3. The highest BCUT2D eigenvalue weighted by Crippen LogP contribution is 2.26. The molecule has 86 valence electrons. The molecular formula is C10H13BrN4O. The molecular weight excluding hydrogens is 272 g/mol. The average molecular weight is 285 g/mol. The first kappa shape index (κ1) is 10.3. The Kier molecular flexibility index (Phi) is 2.48. The maximum Gasteiger partial charge on any atom is 0.237 e. The first-order chi connectivity index (χ1) is 7.74. The van der Waals surface area contributed by atoms with E-state index in [4.69, 9.17) is 0 Å². The highest BCUT2D eigenvalue weighted by atomic mass is 79.9. The Balaban J connectivity index is 1.60. The van der Waals surface area contributed by atoms with Gasteiger partial charge < -0.3 is 5.32 Å². The number of amides is 1. The van der Waals surface area contributed by atoms with Crippen LogP contribution in [0, 0.1) is 0 Å². The second-order valence-electron chi connectivity index (χ2n) is 4.34. The predicted molar refractivity (Wildman–Crippen MR) is 62.0 cm³/mol. The van der Waals surface area contributed by atoms with E-state index in [0.29, 0.717) is 6.04 Å². The standard InChI is InChI=1S/C10H13BrN4O/c11-7-3-13-15(4-7)8-5-14(6-8)9-1-2-12-10(9)16/h3-4,8-9H,1-2,5-6H2,(H,12,16). The summed E-state index contributed by atoms with van der Waals surface area (Å²) in [6.45, 7) is 2.66. The number of nitrogens with zero attached hydrogens (tertiary/aromatic N) is 3. The van der Waals surface area contributed by atoms with Crippen LogP contribution in [0.4, 0.5) is 0 Å². The van der Waals surface area contributed by atoms with Crippen molar-refractivity contribution in [2.45, 2.75) is 18.5 Å². The molecule has 1 unspecified atom stereocenters. The monoisotopic (exact) mass is 284 g/mol. The van der Waals surface area contributed by atoms with Gasteiger partial charge in [0, 0.05) is 25.8 Å². The van der Waals surface area contributed by atoms with Crippen molar-refractivity contribution in [1.29, 1.82) is 0 Å². The van der Waals surface area contributed by atoms with Crippen molar-refractivity contribution in [3.05, 3.63) is 16.9 Å². The molecule has 0 aromatic carbocycles. The molecule has 2 aliphatic heterocycles. The van der Waals surface area contributed by atoms with E-state index in [1.54, 1.807) is 6.20 Å². The van der Waals surface area contributed by atoms with Crippen LogP contribution in [0.25, 0.3) is 0 Å². The van der Waals surface area contributed by atoms with Crippen molar-refractivity contribution in [3.8, 4) is 0 Å². The Morgan fingerprint density at radius 1 is 1.50 bits per heavy atom. The zero-order valence-electron chi connectivity index (χ0n) is 8.77. The lowest BCUT2D eigenvalue weighted by atomic mass is 10.0. The van der Waals surface area contributed by atoms with Crippen LogP contribution < -0.4 is 5.32 Å². The van der Waals surface area contributed by atoms with Crippen LogP contribution in [0.1, 0.15) is 12.5 Å². The van der Waals surface area contributed by atoms with Crippen molar-refractivity contribution < 1.29 is 4.79 Å². The van der Waals surface area contributed by atoms with Crippen molar-refractivity contribution in [1.82, 2.24) is 20.0 Å². The largest absolute Gasteiger partial charge is 0.355 e. The van der Waals surface area contributed by atoms with Gasteiger partial charge in [-0.1, -0.05) is 0 Å². The quantitative estimate of drug-likeness (QED) is 0.855. The Hall–Kier alpha value is -0.880. The summed E-state index contributed by atoms with van der Waals surface area (Å²) in [6, 6.07) is 0.509. The number of carbonyl (C=O) groups is 1. The Bertz CT molecular complexity index is 413. The second-order valence-corrected chi connectivity index (χ2v) is 5.26. The van der Waals surface area contributed by atoms with Gasteiger partial charge in [0.1, 0.15) is 0 Å². The van der Waals surface area contributed by atoms with Crippen molar-refractivity contribution >= 4 is 21.8 Å². The average Bonchev–Trinajstić information content (AvgIpc) is 2.75. The zero-order valence-corrected chi connectivity index (χ0v) is 10.4. The van der Waals surface area contributed by atoms with E-state index in [9.17, 15) is 4.79 Å². The summed E-state index contributed by atoms with van der Waals surface area (Å²) in [4.78, 5) is 13.7. The van der Waals surface area contributed by atoms with E-state index in [2.05, 4.69) is 31.2 Å². The molecule has 6 heteroatoms. The molecule has 1 N–H and O–H groups in total. The minimum Gasteiger partial charge on any atom is -0.355 e. The van der Waals surface area contributed by atoms with Crippen LogP contribution >= 0.6 is 15.9 Å². The number of rotatable bonds is 2. The smallest absolute Gasteiger partial charge is 0.237 e. The summed E-state index contributed by atoms with van der Waals surface area (Å²) in [7, 11) is 0. The summed E-state index contributed by atoms with van der Waals surface area (Å²) in [5.41, 5.74) is 0. The van der Waals surface area contributed by atoms with E-state index in [0.717, 1.165) is 30.5 Å². The predicted octanol–water partition coefficient (Wildman–Crippen LogP) is 0.391. The van der Waals surface area contributed by atoms with Crippen LogP contribution in [0.15, 0.2) is 16.9 Å². The second kappa shape index (κ2) is 3.85. The van der Waals surface area contributed by atoms with Gasteiger partial charge in [0.2, 0.25) is 5.91 Å². The fourth-order valence-electron chi connectivity index (χ4n) is 2.35. The topological polar surface area (TPSA) is 50.2 Å². The maximum atomic E-state index is 11.5. The molecule has 1 aromatic heterocycles. The van der Waals surface area contributed by atoms with Gasteiger partial charge in [0.05, 0.1) is 22.8 Å². The molecule has 0 bridgehead atoms. The highest BCUT2D eigenvalue weighted by Gasteiger charge is 2.39. The third-order valence-corrected chi connectivity index (χ3v) is 3.70. The normalized spacial score (nSPS) is 26.8. The van der Waals surface area contributed by atoms with E-state index < -0.39 is 0 Å². The van der Waals surface area contributed by atoms with Gasteiger partial charge in [-0.05, 0) is 22.4 Å². The van der Waals surface area contributed by atoms with Crippen molar-refractivity contribution in [3.63, 3.8) is 0 Å². The van der Waals surface area contributed by atoms with Crippen LogP contribution in [0.3, 0.4) is 0 Å². The van der Waals surface area contributed by atoms with Gasteiger partial charge >= 0.3 is 0 Å².